The second-order valence-electron chi connectivity index (χ2n) is 6.40. The number of carbonyl (C=O) groups is 1. The van der Waals surface area contributed by atoms with Crippen LogP contribution in [0.2, 0.25) is 5.02 Å². The lowest BCUT2D eigenvalue weighted by Gasteiger charge is -2.13. The number of hydrogen-bond acceptors (Lipinski definition) is 5. The molecule has 0 saturated heterocycles. The summed E-state index contributed by atoms with van der Waals surface area (Å²) in [5.41, 5.74) is 1.23. The van der Waals surface area contributed by atoms with Gasteiger partial charge in [-0.2, -0.15) is 0 Å². The average Bonchev–Trinajstić information content (AvgIpc) is 2.76. The van der Waals surface area contributed by atoms with Gasteiger partial charge in [-0.25, -0.2) is 9.97 Å². The number of amides is 1. The molecule has 30 heavy (non-hydrogen) atoms. The first-order valence-electron chi connectivity index (χ1n) is 9.23. The highest BCUT2D eigenvalue weighted by Gasteiger charge is 2.14. The fourth-order valence-electron chi connectivity index (χ4n) is 2.90. The Morgan fingerprint density at radius 3 is 2.57 bits per heavy atom. The van der Waals surface area contributed by atoms with Crippen molar-refractivity contribution in [3.05, 3.63) is 88.3 Å². The number of pyridine rings is 1. The van der Waals surface area contributed by atoms with E-state index < -0.39 is 0 Å². The fourth-order valence-corrected chi connectivity index (χ4v) is 3.97. The number of fused-ring (bicyclic) bond motifs is 1. The molecule has 0 saturated carbocycles. The summed E-state index contributed by atoms with van der Waals surface area (Å²) in [5, 5.41) is 4.33. The molecule has 0 bridgehead atoms. The maximum absolute atomic E-state index is 13.1. The maximum atomic E-state index is 13.1. The Balaban J connectivity index is 1.55. The summed E-state index contributed by atoms with van der Waals surface area (Å²) in [5.74, 6) is 0.725. The van der Waals surface area contributed by atoms with E-state index in [9.17, 15) is 9.59 Å². The summed E-state index contributed by atoms with van der Waals surface area (Å²) in [7, 11) is 0. The van der Waals surface area contributed by atoms with Crippen LogP contribution in [-0.2, 0) is 4.79 Å². The van der Waals surface area contributed by atoms with E-state index in [0.29, 0.717) is 32.7 Å². The first kappa shape index (κ1) is 20.1. The third-order valence-electron chi connectivity index (χ3n) is 4.31. The molecule has 0 atom stereocenters. The minimum absolute atomic E-state index is 0.135. The Morgan fingerprint density at radius 2 is 1.80 bits per heavy atom. The van der Waals surface area contributed by atoms with Gasteiger partial charge in [0.25, 0.3) is 5.56 Å². The summed E-state index contributed by atoms with van der Waals surface area (Å²) in [4.78, 5) is 34.1. The van der Waals surface area contributed by atoms with Crippen LogP contribution in [0.1, 0.15) is 6.42 Å². The van der Waals surface area contributed by atoms with E-state index in [1.54, 1.807) is 22.8 Å². The second kappa shape index (κ2) is 9.11. The molecule has 150 valence electrons. The molecule has 4 rings (SSSR count). The Hall–Kier alpha value is -3.16. The number of thioether (sulfide) groups is 1. The minimum Gasteiger partial charge on any atom is -0.311 e. The first-order chi connectivity index (χ1) is 14.6. The predicted octanol–water partition coefficient (Wildman–Crippen LogP) is 4.56. The van der Waals surface area contributed by atoms with Gasteiger partial charge in [0.05, 0.1) is 21.6 Å². The van der Waals surface area contributed by atoms with Crippen LogP contribution >= 0.6 is 23.4 Å². The Bertz CT molecular complexity index is 1240. The van der Waals surface area contributed by atoms with E-state index in [1.165, 1.54) is 18.0 Å². The molecule has 1 amide bonds. The standard InChI is InChI=1S/C22H17ClN4O2S/c23-15-10-11-19(24-14-15)26-20(28)12-13-30-22-25-18-9-5-4-8-17(18)21(29)27(22)16-6-2-1-3-7-16/h1-11,14H,12-13H2,(H,24,26,28). The third-order valence-corrected chi connectivity index (χ3v) is 5.48. The average molecular weight is 437 g/mol. The van der Waals surface area contributed by atoms with Crippen LogP contribution in [0.15, 0.2) is 82.9 Å². The molecule has 4 aromatic rings. The van der Waals surface area contributed by atoms with Crippen molar-refractivity contribution in [2.24, 2.45) is 0 Å². The summed E-state index contributed by atoms with van der Waals surface area (Å²) < 4.78 is 1.59. The number of hydrogen-bond donors (Lipinski definition) is 1. The summed E-state index contributed by atoms with van der Waals surface area (Å²) >= 11 is 7.17. The second-order valence-corrected chi connectivity index (χ2v) is 7.89. The highest BCUT2D eigenvalue weighted by Crippen LogP contribution is 2.22. The van der Waals surface area contributed by atoms with Gasteiger partial charge in [-0.1, -0.05) is 53.7 Å². The highest BCUT2D eigenvalue weighted by atomic mass is 35.5. The van der Waals surface area contributed by atoms with Crippen molar-refractivity contribution >= 4 is 46.0 Å². The van der Waals surface area contributed by atoms with Crippen molar-refractivity contribution in [3.63, 3.8) is 0 Å². The Labute approximate surface area is 181 Å². The quantitative estimate of drug-likeness (QED) is 0.354. The molecule has 1 N–H and O–H groups in total. The number of nitrogens with zero attached hydrogens (tertiary/aromatic N) is 3. The number of aromatic nitrogens is 3. The molecule has 0 unspecified atom stereocenters. The highest BCUT2D eigenvalue weighted by molar-refractivity contribution is 7.99. The van der Waals surface area contributed by atoms with Crippen LogP contribution < -0.4 is 10.9 Å². The van der Waals surface area contributed by atoms with E-state index in [-0.39, 0.29) is 17.9 Å². The van der Waals surface area contributed by atoms with Gasteiger partial charge in [0, 0.05) is 18.4 Å². The van der Waals surface area contributed by atoms with Gasteiger partial charge < -0.3 is 5.32 Å². The topological polar surface area (TPSA) is 76.9 Å². The van der Waals surface area contributed by atoms with Crippen LogP contribution in [0.25, 0.3) is 16.6 Å². The molecule has 0 aliphatic carbocycles. The molecule has 0 spiro atoms. The Kier molecular flexibility index (Phi) is 6.11. The summed E-state index contributed by atoms with van der Waals surface area (Å²) in [6, 6.07) is 19.9. The maximum Gasteiger partial charge on any atom is 0.266 e. The van der Waals surface area contributed by atoms with Crippen molar-refractivity contribution in [3.8, 4) is 5.69 Å². The number of rotatable bonds is 6. The molecule has 0 aliphatic heterocycles. The molecular weight excluding hydrogens is 420 g/mol. The molecule has 0 aliphatic rings. The zero-order valence-corrected chi connectivity index (χ0v) is 17.4. The van der Waals surface area contributed by atoms with E-state index in [0.717, 1.165) is 5.69 Å². The van der Waals surface area contributed by atoms with Crippen molar-refractivity contribution in [1.29, 1.82) is 0 Å². The van der Waals surface area contributed by atoms with Gasteiger partial charge in [-0.15, -0.1) is 0 Å². The van der Waals surface area contributed by atoms with Crippen molar-refractivity contribution < 1.29 is 4.79 Å². The predicted molar refractivity (Wildman–Crippen MR) is 121 cm³/mol. The lowest BCUT2D eigenvalue weighted by Crippen LogP contribution is -2.22. The van der Waals surface area contributed by atoms with E-state index >= 15 is 0 Å². The molecule has 0 fully saturated rings. The number of halogens is 1. The molecule has 2 aromatic carbocycles. The van der Waals surface area contributed by atoms with E-state index in [4.69, 9.17) is 11.6 Å². The first-order valence-corrected chi connectivity index (χ1v) is 10.6. The molecule has 6 nitrogen and oxygen atoms in total. The number of benzene rings is 2. The van der Waals surface area contributed by atoms with Crippen LogP contribution in [-0.4, -0.2) is 26.2 Å². The zero-order valence-electron chi connectivity index (χ0n) is 15.8. The molecule has 0 radical (unpaired) electrons. The summed E-state index contributed by atoms with van der Waals surface area (Å²) in [6.45, 7) is 0. The van der Waals surface area contributed by atoms with E-state index in [2.05, 4.69) is 15.3 Å². The van der Waals surface area contributed by atoms with Gasteiger partial charge in [0.1, 0.15) is 5.82 Å². The zero-order chi connectivity index (χ0) is 20.9. The number of carbonyl (C=O) groups excluding carboxylic acids is 1. The van der Waals surface area contributed by atoms with Crippen molar-refractivity contribution in [2.75, 3.05) is 11.1 Å². The number of nitrogens with one attached hydrogen (secondary N) is 1. The van der Waals surface area contributed by atoms with Gasteiger partial charge in [-0.3, -0.25) is 14.2 Å². The van der Waals surface area contributed by atoms with Crippen molar-refractivity contribution in [2.45, 2.75) is 11.6 Å². The van der Waals surface area contributed by atoms with Crippen LogP contribution in [0, 0.1) is 0 Å². The van der Waals surface area contributed by atoms with Crippen molar-refractivity contribution in [1.82, 2.24) is 14.5 Å². The van der Waals surface area contributed by atoms with Crippen LogP contribution in [0.3, 0.4) is 0 Å². The van der Waals surface area contributed by atoms with Gasteiger partial charge in [0.15, 0.2) is 5.16 Å². The summed E-state index contributed by atoms with van der Waals surface area (Å²) in [6.07, 6.45) is 1.72. The molecule has 2 aromatic heterocycles. The largest absolute Gasteiger partial charge is 0.311 e. The van der Waals surface area contributed by atoms with Crippen LogP contribution in [0.5, 0.6) is 0 Å². The normalized spacial score (nSPS) is 10.8. The van der Waals surface area contributed by atoms with Gasteiger partial charge in [0.2, 0.25) is 5.91 Å². The molecule has 2 heterocycles. The molecular formula is C22H17ClN4O2S. The van der Waals surface area contributed by atoms with Crippen LogP contribution in [0.4, 0.5) is 5.82 Å². The molecule has 8 heteroatoms. The lowest BCUT2D eigenvalue weighted by atomic mass is 10.2. The smallest absolute Gasteiger partial charge is 0.266 e. The SMILES string of the molecule is O=C(CCSc1nc2ccccc2c(=O)n1-c1ccccc1)Nc1ccc(Cl)cn1. The minimum atomic E-state index is -0.174. The fraction of sp³-hybridized carbons (Fsp3) is 0.0909. The number of anilines is 1. The number of para-hydroxylation sites is 2. The van der Waals surface area contributed by atoms with E-state index in [1.807, 2.05) is 48.5 Å². The van der Waals surface area contributed by atoms with Gasteiger partial charge in [-0.05, 0) is 36.4 Å². The lowest BCUT2D eigenvalue weighted by molar-refractivity contribution is -0.115. The third kappa shape index (κ3) is 4.53. The Morgan fingerprint density at radius 1 is 1.03 bits per heavy atom. The van der Waals surface area contributed by atoms with Gasteiger partial charge >= 0.3 is 0 Å². The monoisotopic (exact) mass is 436 g/mol.